The van der Waals surface area contributed by atoms with Crippen LogP contribution in [0.1, 0.15) is 42.0 Å². The molecule has 0 aliphatic heterocycles. The quantitative estimate of drug-likeness (QED) is 0.115. The molecule has 4 heteroatoms. The van der Waals surface area contributed by atoms with Crippen molar-refractivity contribution in [3.63, 3.8) is 0 Å². The van der Waals surface area contributed by atoms with Crippen molar-refractivity contribution in [3.05, 3.63) is 207 Å². The molecule has 0 atom stereocenters. The predicted octanol–water partition coefficient (Wildman–Crippen LogP) is 15.3. The zero-order chi connectivity index (χ0) is 36.0. The molecule has 0 saturated heterocycles. The molecule has 0 unspecified atom stereocenters. The standard InChI is InChI=1S/C28H23.C22H19.2CH3.2ClH.Si.Zr/c1-20-14-17-26(25-13-7-11-23-10-5-6-12-24(23)25)28-19-22(18-27(20)28)16-15-21-8-3-2-4-9-21;1-15(2)18-13-17-9-6-12-21(22(17)14-18)20-11-5-8-16-7-3-4-10-19(16)20;;;;;;/h2-14,17-19H,15-16H2,1H3;3-15H,1-2H3;2*1H3;2*1H;;/q4*-1;;;;. The molecule has 9 aromatic carbocycles. The first-order chi connectivity index (χ1) is 25.5. The summed E-state index contributed by atoms with van der Waals surface area (Å²) < 4.78 is 0. The molecule has 0 spiro atoms. The Bertz CT molecular complexity index is 2600. The van der Waals surface area contributed by atoms with Crippen molar-refractivity contribution in [2.45, 2.75) is 39.5 Å². The van der Waals surface area contributed by atoms with Gasteiger partial charge in [0.25, 0.3) is 0 Å². The Hall–Kier alpha value is -4.04. The van der Waals surface area contributed by atoms with Crippen LogP contribution in [0, 0.1) is 21.8 Å². The maximum absolute atomic E-state index is 3.06. The van der Waals surface area contributed by atoms with E-state index in [0.29, 0.717) is 5.92 Å². The van der Waals surface area contributed by atoms with Crippen LogP contribution in [0.5, 0.6) is 0 Å². The summed E-state index contributed by atoms with van der Waals surface area (Å²) in [6.07, 6.45) is 2.16. The van der Waals surface area contributed by atoms with E-state index in [2.05, 4.69) is 198 Å². The van der Waals surface area contributed by atoms with Crippen molar-refractivity contribution in [2.75, 3.05) is 0 Å². The predicted molar refractivity (Wildman–Crippen MR) is 251 cm³/mol. The fourth-order valence-electron chi connectivity index (χ4n) is 7.56. The number of benzene rings is 7. The number of halogens is 2. The molecule has 9 aromatic rings. The molecule has 284 valence electrons. The fourth-order valence-corrected chi connectivity index (χ4v) is 7.56. The van der Waals surface area contributed by atoms with Crippen LogP contribution in [-0.4, -0.2) is 6.88 Å². The molecule has 0 fully saturated rings. The summed E-state index contributed by atoms with van der Waals surface area (Å²) in [5.74, 6) is 0.563. The van der Waals surface area contributed by atoms with Gasteiger partial charge in [-0.1, -0.05) is 159 Å². The van der Waals surface area contributed by atoms with Crippen LogP contribution >= 0.6 is 24.8 Å². The van der Waals surface area contributed by atoms with Gasteiger partial charge in [0.15, 0.2) is 0 Å². The Morgan fingerprint density at radius 2 is 1.00 bits per heavy atom. The third-order valence-electron chi connectivity index (χ3n) is 10.3. The van der Waals surface area contributed by atoms with Crippen molar-refractivity contribution in [3.8, 4) is 22.3 Å². The third kappa shape index (κ3) is 9.90. The van der Waals surface area contributed by atoms with Crippen LogP contribution < -0.4 is 0 Å². The second-order valence-corrected chi connectivity index (χ2v) is 13.9. The van der Waals surface area contributed by atoms with Gasteiger partial charge < -0.3 is 14.9 Å². The van der Waals surface area contributed by atoms with Crippen LogP contribution in [-0.2, 0) is 36.2 Å². The molecule has 0 saturated carbocycles. The minimum atomic E-state index is 0. The van der Waals surface area contributed by atoms with E-state index in [1.54, 1.807) is 0 Å². The molecular formula is C52H50Cl2SiZr-4. The second-order valence-electron chi connectivity index (χ2n) is 13.9. The molecule has 0 amide bonds. The van der Waals surface area contributed by atoms with Gasteiger partial charge in [0.2, 0.25) is 0 Å². The molecule has 0 heterocycles. The summed E-state index contributed by atoms with van der Waals surface area (Å²) in [5, 5.41) is 10.7. The number of fused-ring (bicyclic) bond motifs is 4. The van der Waals surface area contributed by atoms with Gasteiger partial charge in [-0.25, -0.2) is 0 Å². The van der Waals surface area contributed by atoms with Crippen LogP contribution in [0.3, 0.4) is 0 Å². The maximum atomic E-state index is 3.06. The van der Waals surface area contributed by atoms with Gasteiger partial charge in [0.1, 0.15) is 0 Å². The summed E-state index contributed by atoms with van der Waals surface area (Å²) in [6, 6.07) is 61.9. The molecule has 0 aromatic heterocycles. The van der Waals surface area contributed by atoms with Crippen molar-refractivity contribution in [1.82, 2.24) is 0 Å². The van der Waals surface area contributed by atoms with E-state index in [0.717, 1.165) is 12.8 Å². The first-order valence-electron chi connectivity index (χ1n) is 18.2. The van der Waals surface area contributed by atoms with Gasteiger partial charge in [-0.3, -0.25) is 0 Å². The van der Waals surface area contributed by atoms with Gasteiger partial charge >= 0.3 is 30.2 Å². The fraction of sp³-hybridized carbons (Fsp3) is 0.115. The zero-order valence-corrected chi connectivity index (χ0v) is 38.1. The van der Waals surface area contributed by atoms with Gasteiger partial charge in [0.05, 0.1) is 0 Å². The van der Waals surface area contributed by atoms with Crippen LogP contribution in [0.2, 0.25) is 0 Å². The van der Waals surface area contributed by atoms with E-state index in [-0.39, 0.29) is 39.7 Å². The molecule has 0 nitrogen and oxygen atoms in total. The summed E-state index contributed by atoms with van der Waals surface area (Å²) in [6.45, 7) is 9.79. The normalized spacial score (nSPS) is 10.3. The molecular weight excluding hydrogens is 815 g/mol. The number of hydrogen-bond donors (Lipinski definition) is 0. The zero-order valence-electron chi connectivity index (χ0n) is 33.0. The number of hydrogen-bond acceptors (Lipinski definition) is 0. The Labute approximate surface area is 364 Å². The van der Waals surface area contributed by atoms with Gasteiger partial charge in [-0.05, 0) is 57.0 Å². The van der Waals surface area contributed by atoms with Gasteiger partial charge in [-0.2, -0.15) is 12.1 Å². The number of rotatable bonds is 6. The first kappa shape index (κ1) is 46.3. The Balaban J connectivity index is 0.000000275. The van der Waals surface area contributed by atoms with Crippen LogP contribution in [0.15, 0.2) is 170 Å². The molecule has 9 rings (SSSR count). The molecule has 56 heavy (non-hydrogen) atoms. The monoisotopic (exact) mass is 862 g/mol. The van der Waals surface area contributed by atoms with Crippen molar-refractivity contribution >= 4 is 74.8 Å². The first-order valence-corrected chi connectivity index (χ1v) is 22.4. The summed E-state index contributed by atoms with van der Waals surface area (Å²) >= 11 is 1.36. The third-order valence-corrected chi connectivity index (χ3v) is 10.3. The van der Waals surface area contributed by atoms with Gasteiger partial charge in [-0.15, -0.1) is 93.4 Å². The van der Waals surface area contributed by atoms with E-state index in [1.165, 1.54) is 111 Å². The second kappa shape index (κ2) is 21.5. The molecule has 0 aliphatic rings. The van der Waals surface area contributed by atoms with E-state index in [4.69, 9.17) is 0 Å². The van der Waals surface area contributed by atoms with Crippen molar-refractivity contribution in [2.24, 2.45) is 0 Å². The van der Waals surface area contributed by atoms with E-state index >= 15 is 0 Å². The van der Waals surface area contributed by atoms with E-state index in [9.17, 15) is 0 Å². The average Bonchev–Trinajstić information content (AvgIpc) is 3.85. The van der Waals surface area contributed by atoms with Crippen LogP contribution in [0.25, 0.3) is 65.3 Å². The summed E-state index contributed by atoms with van der Waals surface area (Å²) in [4.78, 5) is 0. The number of aryl methyl sites for hydroxylation is 3. The molecule has 0 aliphatic carbocycles. The molecule has 0 bridgehead atoms. The molecule has 0 N–H and O–H groups in total. The van der Waals surface area contributed by atoms with E-state index in [1.807, 2.05) is 0 Å². The van der Waals surface area contributed by atoms with Crippen molar-refractivity contribution < 1.29 is 23.3 Å². The van der Waals surface area contributed by atoms with E-state index < -0.39 is 0 Å². The van der Waals surface area contributed by atoms with Crippen LogP contribution in [0.4, 0.5) is 0 Å². The average molecular weight is 865 g/mol. The topological polar surface area (TPSA) is 0 Å². The minimum absolute atomic E-state index is 0. The van der Waals surface area contributed by atoms with Crippen molar-refractivity contribution in [1.29, 1.82) is 0 Å². The Kier molecular flexibility index (Phi) is 17.8. The Morgan fingerprint density at radius 1 is 0.500 bits per heavy atom. The summed E-state index contributed by atoms with van der Waals surface area (Å²) in [5.41, 5.74) is 10.9. The van der Waals surface area contributed by atoms with Gasteiger partial charge in [0, 0.05) is 0 Å². The summed E-state index contributed by atoms with van der Waals surface area (Å²) in [7, 11) is 0. The Morgan fingerprint density at radius 3 is 1.59 bits per heavy atom. The molecule has 2 radical (unpaired) electrons. The SMILES string of the molecule is CC(C)c1cc2c(-c3cccc4ccccc34)cccc2[cH-]1.Cc1ccc(-c2cccc3ccccc23)c2cc(CCc3ccccc3)[cH-]c12.Cl.Cl.[CH3-].[CH3-].[Si]=[Zr].